The van der Waals surface area contributed by atoms with E-state index in [-0.39, 0.29) is 13.2 Å². The first-order chi connectivity index (χ1) is 17.1. The van der Waals surface area contributed by atoms with Crippen LogP contribution in [0.15, 0.2) is 70.9 Å². The van der Waals surface area contributed by atoms with Gasteiger partial charge in [-0.05, 0) is 61.7 Å². The number of ether oxygens (including phenoxy) is 2. The van der Waals surface area contributed by atoms with Crippen LogP contribution in [0.1, 0.15) is 83.6 Å². The van der Waals surface area contributed by atoms with E-state index in [0.717, 1.165) is 17.8 Å². The van der Waals surface area contributed by atoms with Crippen molar-refractivity contribution in [3.8, 4) is 5.75 Å². The maximum Gasteiger partial charge on any atom is 0.333 e. The second-order valence-electron chi connectivity index (χ2n) is 9.06. The fraction of sp³-hybridized carbons (Fsp3) is 0.500. The monoisotopic (exact) mass is 478 g/mol. The molecule has 2 aromatic carbocycles. The zero-order valence-electron chi connectivity index (χ0n) is 21.6. The van der Waals surface area contributed by atoms with E-state index in [9.17, 15) is 4.79 Å². The van der Waals surface area contributed by atoms with Gasteiger partial charge in [0, 0.05) is 5.57 Å². The van der Waals surface area contributed by atoms with Gasteiger partial charge < -0.3 is 9.47 Å². The van der Waals surface area contributed by atoms with E-state index in [2.05, 4.69) is 35.9 Å². The number of esters is 1. The zero-order chi connectivity index (χ0) is 25.1. The largest absolute Gasteiger partial charge is 0.490 e. The summed E-state index contributed by atoms with van der Waals surface area (Å²) in [5.74, 6) is 0.280. The topological polar surface area (TPSA) is 60.2 Å². The Hall–Kier alpha value is -2.95. The minimum Gasteiger partial charge on any atom is -0.490 e. The molecule has 0 radical (unpaired) electrons. The van der Waals surface area contributed by atoms with Gasteiger partial charge in [-0.25, -0.2) is 4.79 Å². The van der Waals surface area contributed by atoms with E-state index in [1.165, 1.54) is 69.8 Å². The summed E-state index contributed by atoms with van der Waals surface area (Å²) < 4.78 is 10.6. The molecule has 2 aromatic rings. The highest BCUT2D eigenvalue weighted by Crippen LogP contribution is 2.22. The smallest absolute Gasteiger partial charge is 0.333 e. The summed E-state index contributed by atoms with van der Waals surface area (Å²) in [6.07, 6.45) is 14.8. The van der Waals surface area contributed by atoms with E-state index in [1.807, 2.05) is 36.4 Å². The van der Waals surface area contributed by atoms with Crippen LogP contribution >= 0.6 is 0 Å². The minimum atomic E-state index is -0.406. The Morgan fingerprint density at radius 2 is 1.26 bits per heavy atom. The van der Waals surface area contributed by atoms with Gasteiger partial charge in [0.25, 0.3) is 0 Å². The molecule has 0 bridgehead atoms. The highest BCUT2D eigenvalue weighted by atomic mass is 16.6. The van der Waals surface area contributed by atoms with Gasteiger partial charge in [0.1, 0.15) is 19.0 Å². The maximum absolute atomic E-state index is 11.3. The number of aryl methyl sites for hydroxylation is 1. The van der Waals surface area contributed by atoms with Gasteiger partial charge in [-0.2, -0.15) is 10.2 Å². The molecule has 0 heterocycles. The van der Waals surface area contributed by atoms with E-state index < -0.39 is 5.97 Å². The number of unbranched alkanes of at least 4 members (excludes halogenated alkanes) is 9. The molecular formula is C30H42N2O3. The fourth-order valence-corrected chi connectivity index (χ4v) is 3.69. The van der Waals surface area contributed by atoms with Gasteiger partial charge in [-0.15, -0.1) is 0 Å². The van der Waals surface area contributed by atoms with Crippen molar-refractivity contribution < 1.29 is 14.3 Å². The predicted molar refractivity (Wildman–Crippen MR) is 144 cm³/mol. The molecule has 0 aliphatic rings. The quantitative estimate of drug-likeness (QED) is 0.0929. The number of hydrogen-bond donors (Lipinski definition) is 0. The third-order valence-electron chi connectivity index (χ3n) is 5.81. The molecule has 0 amide bonds. The first-order valence-corrected chi connectivity index (χ1v) is 13.1. The Kier molecular flexibility index (Phi) is 14.1. The molecule has 0 aliphatic heterocycles. The number of rotatable bonds is 18. The molecule has 0 aliphatic carbocycles. The molecule has 190 valence electrons. The van der Waals surface area contributed by atoms with Crippen molar-refractivity contribution in [1.82, 2.24) is 0 Å². The number of carbonyl (C=O) groups is 1. The van der Waals surface area contributed by atoms with E-state index in [4.69, 9.17) is 9.47 Å². The van der Waals surface area contributed by atoms with Crippen molar-refractivity contribution in [2.45, 2.75) is 84.5 Å². The van der Waals surface area contributed by atoms with Crippen LogP contribution in [0.3, 0.4) is 0 Å². The third-order valence-corrected chi connectivity index (χ3v) is 5.81. The van der Waals surface area contributed by atoms with Crippen LogP contribution in [0.4, 0.5) is 11.4 Å². The predicted octanol–water partition coefficient (Wildman–Crippen LogP) is 9.06. The average molecular weight is 479 g/mol. The standard InChI is InChI=1S/C30H42N2O3/c1-4-5-6-7-8-9-10-11-12-13-14-26-15-17-27(18-16-26)31-32-28-19-21-29(22-20-28)34-23-24-35-30(33)25(2)3/h15-22H,2,4-14,23-24H2,1,3H3. The highest BCUT2D eigenvalue weighted by molar-refractivity contribution is 5.86. The molecule has 0 aromatic heterocycles. The van der Waals surface area contributed by atoms with Crippen LogP contribution in [-0.2, 0) is 16.0 Å². The number of carbonyl (C=O) groups excluding carboxylic acids is 1. The van der Waals surface area contributed by atoms with Crippen molar-refractivity contribution in [2.75, 3.05) is 13.2 Å². The Morgan fingerprint density at radius 3 is 1.80 bits per heavy atom. The molecule has 5 nitrogen and oxygen atoms in total. The summed E-state index contributed by atoms with van der Waals surface area (Å²) in [4.78, 5) is 11.3. The van der Waals surface area contributed by atoms with Crippen molar-refractivity contribution in [3.63, 3.8) is 0 Å². The lowest BCUT2D eigenvalue weighted by molar-refractivity contribution is -0.139. The molecular weight excluding hydrogens is 436 g/mol. The van der Waals surface area contributed by atoms with Crippen molar-refractivity contribution in [2.24, 2.45) is 10.2 Å². The lowest BCUT2D eigenvalue weighted by Crippen LogP contribution is -2.12. The Bertz CT molecular complexity index is 889. The molecule has 0 N–H and O–H groups in total. The molecule has 0 fully saturated rings. The summed E-state index contributed by atoms with van der Waals surface area (Å²) in [6.45, 7) is 7.89. The van der Waals surface area contributed by atoms with Gasteiger partial charge in [0.05, 0.1) is 11.4 Å². The van der Waals surface area contributed by atoms with Crippen LogP contribution in [0.25, 0.3) is 0 Å². The molecule has 0 unspecified atom stereocenters. The molecule has 0 saturated carbocycles. The number of hydrogen-bond acceptors (Lipinski definition) is 5. The maximum atomic E-state index is 11.3. The zero-order valence-corrected chi connectivity index (χ0v) is 21.6. The van der Waals surface area contributed by atoms with Gasteiger partial charge in [-0.1, -0.05) is 83.4 Å². The van der Waals surface area contributed by atoms with Crippen LogP contribution in [0, 0.1) is 0 Å². The second-order valence-corrected chi connectivity index (χ2v) is 9.06. The second kappa shape index (κ2) is 17.5. The van der Waals surface area contributed by atoms with Crippen molar-refractivity contribution in [3.05, 3.63) is 66.2 Å². The molecule has 5 heteroatoms. The number of benzene rings is 2. The molecule has 0 saturated heterocycles. The summed E-state index contributed by atoms with van der Waals surface area (Å²) in [5.41, 5.74) is 3.33. The van der Waals surface area contributed by atoms with Gasteiger partial charge in [0.15, 0.2) is 0 Å². The Morgan fingerprint density at radius 1 is 0.743 bits per heavy atom. The minimum absolute atomic E-state index is 0.183. The third kappa shape index (κ3) is 12.9. The first-order valence-electron chi connectivity index (χ1n) is 13.1. The Balaban J connectivity index is 1.61. The number of azo groups is 1. The van der Waals surface area contributed by atoms with Gasteiger partial charge in [-0.3, -0.25) is 0 Å². The summed E-state index contributed by atoms with van der Waals surface area (Å²) >= 11 is 0. The van der Waals surface area contributed by atoms with Gasteiger partial charge in [0.2, 0.25) is 0 Å². The molecule has 0 spiro atoms. The van der Waals surface area contributed by atoms with Gasteiger partial charge >= 0.3 is 5.97 Å². The molecule has 2 rings (SSSR count). The summed E-state index contributed by atoms with van der Waals surface area (Å²) in [5, 5.41) is 8.64. The molecule has 35 heavy (non-hydrogen) atoms. The van der Waals surface area contributed by atoms with Crippen LogP contribution in [0.2, 0.25) is 0 Å². The summed E-state index contributed by atoms with van der Waals surface area (Å²) in [7, 11) is 0. The van der Waals surface area contributed by atoms with Crippen LogP contribution < -0.4 is 4.74 Å². The van der Waals surface area contributed by atoms with E-state index >= 15 is 0 Å². The highest BCUT2D eigenvalue weighted by Gasteiger charge is 2.03. The van der Waals surface area contributed by atoms with Crippen LogP contribution in [-0.4, -0.2) is 19.2 Å². The molecule has 0 atom stereocenters. The summed E-state index contributed by atoms with van der Waals surface area (Å²) in [6, 6.07) is 15.7. The normalized spacial score (nSPS) is 11.0. The van der Waals surface area contributed by atoms with E-state index in [0.29, 0.717) is 11.3 Å². The number of nitrogens with zero attached hydrogens (tertiary/aromatic N) is 2. The lowest BCUT2D eigenvalue weighted by atomic mass is 10.0. The van der Waals surface area contributed by atoms with Crippen molar-refractivity contribution >= 4 is 17.3 Å². The Labute approximate surface area is 211 Å². The van der Waals surface area contributed by atoms with E-state index in [1.54, 1.807) is 6.92 Å². The van der Waals surface area contributed by atoms with Crippen LogP contribution in [0.5, 0.6) is 5.75 Å². The van der Waals surface area contributed by atoms with Crippen molar-refractivity contribution in [1.29, 1.82) is 0 Å². The fourth-order valence-electron chi connectivity index (χ4n) is 3.69. The first kappa shape index (κ1) is 28.3. The SMILES string of the molecule is C=C(C)C(=O)OCCOc1ccc(N=Nc2ccc(CCCCCCCCCCCC)cc2)cc1. The lowest BCUT2D eigenvalue weighted by Gasteiger charge is -2.07. The average Bonchev–Trinajstić information content (AvgIpc) is 2.87.